The average Bonchev–Trinajstić information content (AvgIpc) is 3.48. The van der Waals surface area contributed by atoms with Gasteiger partial charge in [0, 0.05) is 30.5 Å². The van der Waals surface area contributed by atoms with Gasteiger partial charge in [-0.3, -0.25) is 9.59 Å². The summed E-state index contributed by atoms with van der Waals surface area (Å²) in [5.41, 5.74) is -0.0205. The molecule has 0 aromatic heterocycles. The van der Waals surface area contributed by atoms with Gasteiger partial charge in [-0.15, -0.1) is 0 Å². The molecule has 4 nitrogen and oxygen atoms in total. The second-order valence-electron chi connectivity index (χ2n) is 8.50. The first-order chi connectivity index (χ1) is 11.2. The minimum Gasteiger partial charge on any atom is -0.350 e. The molecule has 4 heteroatoms. The van der Waals surface area contributed by atoms with Crippen LogP contribution in [0.3, 0.4) is 0 Å². The van der Waals surface area contributed by atoms with Crippen LogP contribution in [0.25, 0.3) is 0 Å². The van der Waals surface area contributed by atoms with E-state index in [0.717, 1.165) is 64.0 Å². The summed E-state index contributed by atoms with van der Waals surface area (Å²) in [5, 5.41) is 3.42. The first-order valence-electron chi connectivity index (χ1n) is 9.76. The Morgan fingerprint density at radius 2 is 1.57 bits per heavy atom. The predicted molar refractivity (Wildman–Crippen MR) is 88.7 cm³/mol. The minimum atomic E-state index is -0.0205. The van der Waals surface area contributed by atoms with Gasteiger partial charge < -0.3 is 10.2 Å². The van der Waals surface area contributed by atoms with Gasteiger partial charge in [0.15, 0.2) is 0 Å². The molecule has 0 aromatic carbocycles. The van der Waals surface area contributed by atoms with Crippen LogP contribution in [0, 0.1) is 17.8 Å². The first kappa shape index (κ1) is 15.5. The second-order valence-corrected chi connectivity index (χ2v) is 8.50. The highest BCUT2D eigenvalue weighted by Crippen LogP contribution is 2.42. The van der Waals surface area contributed by atoms with E-state index < -0.39 is 0 Å². The molecule has 4 aliphatic rings. The molecule has 4 rings (SSSR count). The lowest BCUT2D eigenvalue weighted by Crippen LogP contribution is -2.57. The smallest absolute Gasteiger partial charge is 0.225 e. The Hall–Kier alpha value is -1.06. The lowest BCUT2D eigenvalue weighted by atomic mass is 9.82. The Labute approximate surface area is 139 Å². The molecule has 128 valence electrons. The molecular weight excluding hydrogens is 288 g/mol. The third-order valence-corrected chi connectivity index (χ3v) is 6.45. The van der Waals surface area contributed by atoms with Gasteiger partial charge in [0.25, 0.3) is 0 Å². The van der Waals surface area contributed by atoms with E-state index in [1.807, 2.05) is 0 Å². The van der Waals surface area contributed by atoms with Gasteiger partial charge in [-0.1, -0.05) is 25.7 Å². The summed E-state index contributed by atoms with van der Waals surface area (Å²) in [4.78, 5) is 27.0. The van der Waals surface area contributed by atoms with Crippen LogP contribution in [0.1, 0.15) is 70.6 Å². The normalized spacial score (nSPS) is 27.9. The maximum Gasteiger partial charge on any atom is 0.225 e. The van der Waals surface area contributed by atoms with E-state index in [0.29, 0.717) is 5.91 Å². The monoisotopic (exact) mass is 318 g/mol. The number of carbonyl (C=O) groups is 2. The number of likely N-dealkylation sites (tertiary alicyclic amines) is 1. The van der Waals surface area contributed by atoms with Gasteiger partial charge in [0.05, 0.1) is 0 Å². The van der Waals surface area contributed by atoms with Crippen molar-refractivity contribution < 1.29 is 9.59 Å². The van der Waals surface area contributed by atoms with Crippen LogP contribution in [-0.2, 0) is 9.59 Å². The van der Waals surface area contributed by atoms with E-state index in [-0.39, 0.29) is 23.3 Å². The fourth-order valence-electron chi connectivity index (χ4n) is 4.55. The summed E-state index contributed by atoms with van der Waals surface area (Å²) in [7, 11) is 0. The highest BCUT2D eigenvalue weighted by molar-refractivity contribution is 5.82. The van der Waals surface area contributed by atoms with Crippen LogP contribution in [-0.4, -0.2) is 35.3 Å². The van der Waals surface area contributed by atoms with Crippen LogP contribution < -0.4 is 5.32 Å². The molecule has 1 aliphatic heterocycles. The van der Waals surface area contributed by atoms with Gasteiger partial charge in [-0.05, 0) is 50.9 Å². The van der Waals surface area contributed by atoms with Crippen molar-refractivity contribution >= 4 is 11.8 Å². The number of nitrogens with zero attached hydrogens (tertiary/aromatic N) is 1. The molecule has 0 bridgehead atoms. The molecule has 0 spiro atoms. The predicted octanol–water partition coefficient (Wildman–Crippen LogP) is 2.86. The van der Waals surface area contributed by atoms with Crippen molar-refractivity contribution in [1.29, 1.82) is 0 Å². The van der Waals surface area contributed by atoms with Crippen LogP contribution in [0.4, 0.5) is 0 Å². The fraction of sp³-hybridized carbons (Fsp3) is 0.895. The Kier molecular flexibility index (Phi) is 4.10. The maximum atomic E-state index is 12.6. The lowest BCUT2D eigenvalue weighted by molar-refractivity contribution is -0.137. The quantitative estimate of drug-likeness (QED) is 0.847. The van der Waals surface area contributed by atoms with Crippen LogP contribution in [0.2, 0.25) is 0 Å². The average molecular weight is 318 g/mol. The zero-order valence-corrected chi connectivity index (χ0v) is 14.2. The van der Waals surface area contributed by atoms with Crippen molar-refractivity contribution in [3.63, 3.8) is 0 Å². The SMILES string of the molecule is O=C(NC1(CC2CC2)CCN(C(=O)C2CCCC2)CC1)C1CC1. The van der Waals surface area contributed by atoms with E-state index >= 15 is 0 Å². The van der Waals surface area contributed by atoms with Gasteiger partial charge in [-0.25, -0.2) is 0 Å². The van der Waals surface area contributed by atoms with Crippen molar-refractivity contribution in [2.24, 2.45) is 17.8 Å². The van der Waals surface area contributed by atoms with Crippen LogP contribution in [0.5, 0.6) is 0 Å². The molecule has 4 fully saturated rings. The third kappa shape index (κ3) is 3.56. The highest BCUT2D eigenvalue weighted by atomic mass is 16.2. The number of amides is 2. The number of hydrogen-bond donors (Lipinski definition) is 1. The molecule has 2 amide bonds. The van der Waals surface area contributed by atoms with Crippen molar-refractivity contribution in [1.82, 2.24) is 10.2 Å². The van der Waals surface area contributed by atoms with Crippen molar-refractivity contribution in [3.8, 4) is 0 Å². The van der Waals surface area contributed by atoms with E-state index in [1.165, 1.54) is 25.7 Å². The zero-order chi connectivity index (χ0) is 15.9. The van der Waals surface area contributed by atoms with Crippen LogP contribution in [0.15, 0.2) is 0 Å². The zero-order valence-electron chi connectivity index (χ0n) is 14.2. The largest absolute Gasteiger partial charge is 0.350 e. The Balaban J connectivity index is 1.36. The summed E-state index contributed by atoms with van der Waals surface area (Å²) in [5.74, 6) is 2.04. The molecule has 23 heavy (non-hydrogen) atoms. The van der Waals surface area contributed by atoms with Gasteiger partial charge >= 0.3 is 0 Å². The van der Waals surface area contributed by atoms with Crippen molar-refractivity contribution in [3.05, 3.63) is 0 Å². The maximum absolute atomic E-state index is 12.6. The standard InChI is InChI=1S/C19H30N2O2/c22-17(15-7-8-15)20-19(13-14-5-6-14)9-11-21(12-10-19)18(23)16-3-1-2-4-16/h14-16H,1-13H2,(H,20,22). The molecule has 3 aliphatic carbocycles. The van der Waals surface area contributed by atoms with Gasteiger partial charge in [0.2, 0.25) is 11.8 Å². The Bertz CT molecular complexity index is 468. The Morgan fingerprint density at radius 1 is 0.913 bits per heavy atom. The minimum absolute atomic E-state index is 0.0205. The van der Waals surface area contributed by atoms with Crippen molar-refractivity contribution in [2.45, 2.75) is 76.2 Å². The number of hydrogen-bond acceptors (Lipinski definition) is 2. The topological polar surface area (TPSA) is 49.4 Å². The van der Waals surface area contributed by atoms with Crippen LogP contribution >= 0.6 is 0 Å². The third-order valence-electron chi connectivity index (χ3n) is 6.45. The van der Waals surface area contributed by atoms with Crippen molar-refractivity contribution in [2.75, 3.05) is 13.1 Å². The second kappa shape index (κ2) is 6.10. The molecule has 3 saturated carbocycles. The fourth-order valence-corrected chi connectivity index (χ4v) is 4.55. The number of rotatable bonds is 5. The van der Waals surface area contributed by atoms with E-state index in [1.54, 1.807) is 0 Å². The Morgan fingerprint density at radius 3 is 2.13 bits per heavy atom. The van der Waals surface area contributed by atoms with Gasteiger partial charge in [0.1, 0.15) is 0 Å². The number of nitrogens with one attached hydrogen (secondary N) is 1. The van der Waals surface area contributed by atoms with E-state index in [4.69, 9.17) is 0 Å². The molecular formula is C19H30N2O2. The molecule has 1 N–H and O–H groups in total. The van der Waals surface area contributed by atoms with Gasteiger partial charge in [-0.2, -0.15) is 0 Å². The first-order valence-corrected chi connectivity index (χ1v) is 9.76. The molecule has 0 radical (unpaired) electrons. The summed E-state index contributed by atoms with van der Waals surface area (Å²) in [6.45, 7) is 1.68. The summed E-state index contributed by atoms with van der Waals surface area (Å²) in [6, 6.07) is 0. The summed E-state index contributed by atoms with van der Waals surface area (Å²) < 4.78 is 0. The molecule has 0 unspecified atom stereocenters. The number of piperidine rings is 1. The van der Waals surface area contributed by atoms with E-state index in [2.05, 4.69) is 10.2 Å². The van der Waals surface area contributed by atoms with E-state index in [9.17, 15) is 9.59 Å². The highest BCUT2D eigenvalue weighted by Gasteiger charge is 2.44. The molecule has 0 atom stereocenters. The number of carbonyl (C=O) groups excluding carboxylic acids is 2. The lowest BCUT2D eigenvalue weighted by Gasteiger charge is -2.43. The summed E-state index contributed by atoms with van der Waals surface area (Å²) in [6.07, 6.45) is 12.4. The molecule has 1 heterocycles. The molecule has 1 saturated heterocycles. The molecule has 0 aromatic rings. The summed E-state index contributed by atoms with van der Waals surface area (Å²) >= 11 is 0.